The molecule has 0 fully saturated rings. The summed E-state index contributed by atoms with van der Waals surface area (Å²) in [4.78, 5) is 14.6. The zero-order valence-electron chi connectivity index (χ0n) is 28.2. The fourth-order valence-electron chi connectivity index (χ4n) is 4.66. The van der Waals surface area contributed by atoms with Gasteiger partial charge in [0.05, 0.1) is 11.9 Å². The van der Waals surface area contributed by atoms with Crippen LogP contribution < -0.4 is 16.0 Å². The number of fused-ring (bicyclic) bond motifs is 1. The highest BCUT2D eigenvalue weighted by atomic mass is 32.2. The topological polar surface area (TPSA) is 175 Å². The molecule has 0 saturated heterocycles. The molecule has 0 radical (unpaired) electrons. The van der Waals surface area contributed by atoms with Gasteiger partial charge in [-0.15, -0.1) is 38.8 Å². The van der Waals surface area contributed by atoms with Crippen molar-refractivity contribution in [3.63, 3.8) is 0 Å². The fourth-order valence-corrected chi connectivity index (χ4v) is 5.58. The Labute approximate surface area is 301 Å². The van der Waals surface area contributed by atoms with Gasteiger partial charge in [0.25, 0.3) is 0 Å². The van der Waals surface area contributed by atoms with E-state index in [0.29, 0.717) is 45.6 Å². The Hall–Kier alpha value is -5.68. The summed E-state index contributed by atoms with van der Waals surface area (Å²) in [6, 6.07) is 20.3. The second kappa shape index (κ2) is 17.3. The van der Waals surface area contributed by atoms with Crippen LogP contribution in [0, 0.1) is 17.0 Å². The molecule has 0 spiro atoms. The van der Waals surface area contributed by atoms with E-state index in [1.54, 1.807) is 76.6 Å². The lowest BCUT2D eigenvalue weighted by Crippen LogP contribution is -2.15. The molecule has 17 heteroatoms. The zero-order valence-corrected chi connectivity index (χ0v) is 29.8. The molecule has 0 saturated carbocycles. The molecule has 5 N–H and O–H groups in total. The number of H-pyrrole nitrogens is 1. The number of hydrogen-bond donors (Lipinski definition) is 4. The van der Waals surface area contributed by atoms with Crippen molar-refractivity contribution in [3.05, 3.63) is 125 Å². The summed E-state index contributed by atoms with van der Waals surface area (Å²) < 4.78 is 30.2. The van der Waals surface area contributed by atoms with Gasteiger partial charge in [-0.1, -0.05) is 36.4 Å². The number of rotatable bonds is 10. The van der Waals surface area contributed by atoms with Crippen LogP contribution in [0.4, 0.5) is 20.5 Å². The molecule has 0 aliphatic heterocycles. The minimum absolute atomic E-state index is 0.157. The minimum atomic E-state index is -0.288. The summed E-state index contributed by atoms with van der Waals surface area (Å²) in [6.07, 6.45) is 7.12. The van der Waals surface area contributed by atoms with Crippen molar-refractivity contribution in [3.8, 4) is 0 Å². The number of benzene rings is 2. The molecule has 4 aromatic heterocycles. The number of nitrogens with two attached hydrogens (primary N) is 1. The number of aromatic amines is 1. The molecule has 0 aliphatic carbocycles. The SMILES string of the molecule is CN(C)c1n[nH]c(C(=N)c2cccnc2NCc2ccccc2F)n1.CSC(=N/N=C(\N)c1nn(Cc2ccccc2F)c2ncccc12)SC. The number of pyridine rings is 2. The van der Waals surface area contributed by atoms with Gasteiger partial charge in [-0.05, 0) is 48.9 Å². The third-order valence-corrected chi connectivity index (χ3v) is 9.07. The van der Waals surface area contributed by atoms with E-state index in [-0.39, 0.29) is 36.3 Å². The Morgan fingerprint density at radius 1 is 0.922 bits per heavy atom. The van der Waals surface area contributed by atoms with Crippen molar-refractivity contribution < 1.29 is 8.78 Å². The first-order chi connectivity index (χ1) is 24.7. The summed E-state index contributed by atoms with van der Waals surface area (Å²) in [5, 5.41) is 31.7. The van der Waals surface area contributed by atoms with Gasteiger partial charge in [0, 0.05) is 49.7 Å². The van der Waals surface area contributed by atoms with E-state index in [1.165, 1.54) is 35.7 Å². The lowest BCUT2D eigenvalue weighted by Gasteiger charge is -2.11. The molecule has 2 aromatic carbocycles. The van der Waals surface area contributed by atoms with Gasteiger partial charge >= 0.3 is 0 Å². The van der Waals surface area contributed by atoms with E-state index in [1.807, 2.05) is 32.7 Å². The van der Waals surface area contributed by atoms with Crippen molar-refractivity contribution in [2.45, 2.75) is 13.1 Å². The standard InChI is InChI=1S/C17H18FN7.C17H17FN6S2/c1-25(2)17-22-16(23-24-17)14(19)12-7-5-9-20-15(12)21-10-11-6-3-4-8-13(11)18;1-25-17(26-2)22-21-15(19)14-12-7-5-9-20-16(12)24(23-14)10-11-6-3-4-8-13(11)18/h3-9,19H,10H2,1-2H3,(H,20,21)(H,22,23,24);3-9H,10H2,1-2H3,(H2,19,21). The van der Waals surface area contributed by atoms with Crippen LogP contribution in [-0.4, -0.2) is 77.5 Å². The van der Waals surface area contributed by atoms with E-state index in [0.717, 1.165) is 9.76 Å². The average Bonchev–Trinajstić information content (AvgIpc) is 3.79. The Kier molecular flexibility index (Phi) is 12.4. The predicted molar refractivity (Wildman–Crippen MR) is 203 cm³/mol. The van der Waals surface area contributed by atoms with Crippen molar-refractivity contribution in [1.29, 1.82) is 5.41 Å². The molecule has 13 nitrogen and oxygen atoms in total. The molecule has 0 unspecified atom stereocenters. The van der Waals surface area contributed by atoms with E-state index < -0.39 is 0 Å². The molecule has 262 valence electrons. The average molecular weight is 728 g/mol. The summed E-state index contributed by atoms with van der Waals surface area (Å²) in [5.41, 5.74) is 8.96. The molecule has 0 amide bonds. The van der Waals surface area contributed by atoms with E-state index in [9.17, 15) is 8.78 Å². The van der Waals surface area contributed by atoms with Crippen LogP contribution in [0.25, 0.3) is 11.0 Å². The van der Waals surface area contributed by atoms with Crippen LogP contribution in [0.15, 0.2) is 95.4 Å². The third-order valence-electron chi connectivity index (χ3n) is 7.21. The maximum atomic E-state index is 14.0. The molecule has 4 heterocycles. The largest absolute Gasteiger partial charge is 0.380 e. The number of thioether (sulfide) groups is 2. The second-order valence-corrected chi connectivity index (χ2v) is 12.7. The number of nitrogens with one attached hydrogen (secondary N) is 3. The number of halogens is 2. The van der Waals surface area contributed by atoms with Gasteiger partial charge < -0.3 is 16.0 Å². The molecule has 6 rings (SSSR count). The van der Waals surface area contributed by atoms with E-state index in [2.05, 4.69) is 45.8 Å². The lowest BCUT2D eigenvalue weighted by atomic mass is 10.1. The highest BCUT2D eigenvalue weighted by molar-refractivity contribution is 8.38. The molecule has 0 aliphatic rings. The molecule has 6 aromatic rings. The van der Waals surface area contributed by atoms with Crippen LogP contribution in [0.1, 0.15) is 28.2 Å². The number of nitrogens with zero attached hydrogens (tertiary/aromatic N) is 9. The Morgan fingerprint density at radius 2 is 1.59 bits per heavy atom. The Balaban J connectivity index is 0.000000198. The van der Waals surface area contributed by atoms with Crippen LogP contribution in [0.3, 0.4) is 0 Å². The molecule has 0 bridgehead atoms. The maximum Gasteiger partial charge on any atom is 0.244 e. The maximum absolute atomic E-state index is 14.0. The molecular weight excluding hydrogens is 693 g/mol. The first-order valence-corrected chi connectivity index (χ1v) is 17.8. The normalized spacial score (nSPS) is 11.1. The van der Waals surface area contributed by atoms with Gasteiger partial charge in [0.1, 0.15) is 28.9 Å². The molecule has 51 heavy (non-hydrogen) atoms. The van der Waals surface area contributed by atoms with Crippen molar-refractivity contribution in [2.24, 2.45) is 15.9 Å². The van der Waals surface area contributed by atoms with Gasteiger partial charge in [0.15, 0.2) is 21.7 Å². The van der Waals surface area contributed by atoms with Crippen molar-refractivity contribution >= 4 is 62.2 Å². The molecule has 0 atom stereocenters. The smallest absolute Gasteiger partial charge is 0.244 e. The Bertz CT molecular complexity index is 2170. The van der Waals surface area contributed by atoms with E-state index >= 15 is 0 Å². The monoisotopic (exact) mass is 727 g/mol. The first-order valence-electron chi connectivity index (χ1n) is 15.4. The Morgan fingerprint density at radius 3 is 2.25 bits per heavy atom. The number of aromatic nitrogens is 7. The second-order valence-electron chi connectivity index (χ2n) is 10.8. The fraction of sp³-hybridized carbons (Fsp3) is 0.176. The first kappa shape index (κ1) is 36.6. The summed E-state index contributed by atoms with van der Waals surface area (Å²) in [7, 11) is 3.64. The lowest BCUT2D eigenvalue weighted by molar-refractivity contribution is 0.589. The third kappa shape index (κ3) is 9.11. The number of amidine groups is 1. The summed E-state index contributed by atoms with van der Waals surface area (Å²) in [5.74, 6) is 0.933. The van der Waals surface area contributed by atoms with Crippen LogP contribution >= 0.6 is 23.5 Å². The van der Waals surface area contributed by atoms with E-state index in [4.69, 9.17) is 11.1 Å². The predicted octanol–water partition coefficient (Wildman–Crippen LogP) is 5.75. The highest BCUT2D eigenvalue weighted by Gasteiger charge is 2.17. The number of anilines is 2. The number of hydrogen-bond acceptors (Lipinski definition) is 12. The van der Waals surface area contributed by atoms with Crippen LogP contribution in [-0.2, 0) is 13.1 Å². The van der Waals surface area contributed by atoms with Gasteiger partial charge in [-0.2, -0.15) is 10.1 Å². The van der Waals surface area contributed by atoms with Crippen molar-refractivity contribution in [2.75, 3.05) is 36.8 Å². The quantitative estimate of drug-likeness (QED) is 0.0772. The van der Waals surface area contributed by atoms with Gasteiger partial charge in [-0.3, -0.25) is 10.5 Å². The summed E-state index contributed by atoms with van der Waals surface area (Å²) >= 11 is 2.98. The zero-order chi connectivity index (χ0) is 36.3. The van der Waals surface area contributed by atoms with Crippen molar-refractivity contribution in [1.82, 2.24) is 34.9 Å². The van der Waals surface area contributed by atoms with Crippen LogP contribution in [0.5, 0.6) is 0 Å². The summed E-state index contributed by atoms with van der Waals surface area (Å²) in [6.45, 7) is 0.515. The van der Waals surface area contributed by atoms with Gasteiger partial charge in [0.2, 0.25) is 5.95 Å². The molecular formula is C34H35F2N13S2. The van der Waals surface area contributed by atoms with Gasteiger partial charge in [-0.25, -0.2) is 23.4 Å². The minimum Gasteiger partial charge on any atom is -0.380 e. The highest BCUT2D eigenvalue weighted by Crippen LogP contribution is 2.20. The van der Waals surface area contributed by atoms with Crippen LogP contribution in [0.2, 0.25) is 0 Å².